The van der Waals surface area contributed by atoms with E-state index < -0.39 is 16.1 Å². The predicted molar refractivity (Wildman–Crippen MR) is 70.4 cm³/mol. The number of benzene rings is 1. The van der Waals surface area contributed by atoms with E-state index in [1.807, 2.05) is 0 Å². The minimum atomic E-state index is -3.73. The average Bonchev–Trinajstić information content (AvgIpc) is 2.59. The maximum absolute atomic E-state index is 12.3. The van der Waals surface area contributed by atoms with Crippen LogP contribution in [0.3, 0.4) is 0 Å². The zero-order chi connectivity index (χ0) is 13.5. The van der Waals surface area contributed by atoms with Crippen LogP contribution in [0.5, 0.6) is 0 Å². The molecule has 1 aromatic carbocycles. The van der Waals surface area contributed by atoms with Gasteiger partial charge in [0.1, 0.15) is 4.90 Å². The highest BCUT2D eigenvalue weighted by Gasteiger charge is 2.34. The van der Waals surface area contributed by atoms with Crippen LogP contribution in [-0.4, -0.2) is 37.0 Å². The van der Waals surface area contributed by atoms with Crippen molar-refractivity contribution < 1.29 is 13.5 Å². The third kappa shape index (κ3) is 2.41. The second kappa shape index (κ2) is 4.83. The Hall–Kier alpha value is -0.590. The molecule has 1 heterocycles. The van der Waals surface area contributed by atoms with Gasteiger partial charge in [-0.1, -0.05) is 29.8 Å². The Morgan fingerprint density at radius 1 is 1.39 bits per heavy atom. The van der Waals surface area contributed by atoms with Crippen LogP contribution in [0.2, 0.25) is 10.0 Å². The summed E-state index contributed by atoms with van der Waals surface area (Å²) in [4.78, 5) is -0.0181. The van der Waals surface area contributed by atoms with Gasteiger partial charge in [0, 0.05) is 18.1 Å². The highest BCUT2D eigenvalue weighted by molar-refractivity contribution is 7.89. The van der Waals surface area contributed by atoms with Crippen molar-refractivity contribution in [1.29, 1.82) is 0 Å². The fourth-order valence-electron chi connectivity index (χ4n) is 1.73. The third-order valence-electron chi connectivity index (χ3n) is 2.74. The molecule has 1 fully saturated rings. The van der Waals surface area contributed by atoms with Crippen LogP contribution in [0.25, 0.3) is 0 Å². The van der Waals surface area contributed by atoms with Crippen LogP contribution in [-0.2, 0) is 10.0 Å². The minimum absolute atomic E-state index is 0.000121. The molecule has 18 heavy (non-hydrogen) atoms. The molecule has 7 heteroatoms. The van der Waals surface area contributed by atoms with Crippen molar-refractivity contribution in [3.8, 4) is 0 Å². The summed E-state index contributed by atoms with van der Waals surface area (Å²) < 4.78 is 25.8. The van der Waals surface area contributed by atoms with Crippen LogP contribution < -0.4 is 0 Å². The summed E-state index contributed by atoms with van der Waals surface area (Å²) in [6, 6.07) is 4.19. The van der Waals surface area contributed by atoms with Crippen LogP contribution in [0.1, 0.15) is 0 Å². The first-order valence-electron chi connectivity index (χ1n) is 5.13. The van der Waals surface area contributed by atoms with Crippen molar-refractivity contribution in [3.63, 3.8) is 0 Å². The monoisotopic (exact) mass is 307 g/mol. The molecule has 1 aliphatic heterocycles. The molecule has 98 valence electrons. The van der Waals surface area contributed by atoms with E-state index in [2.05, 4.69) is 6.58 Å². The van der Waals surface area contributed by atoms with E-state index >= 15 is 0 Å². The number of aliphatic hydroxyl groups excluding tert-OH is 1. The lowest BCUT2D eigenvalue weighted by Gasteiger charge is -2.16. The van der Waals surface area contributed by atoms with E-state index in [4.69, 9.17) is 23.2 Å². The molecule has 1 aromatic rings. The number of halogens is 2. The number of hydrogen-bond acceptors (Lipinski definition) is 3. The van der Waals surface area contributed by atoms with Gasteiger partial charge in [0.15, 0.2) is 0 Å². The Labute approximate surface area is 115 Å². The Morgan fingerprint density at radius 2 is 2.06 bits per heavy atom. The summed E-state index contributed by atoms with van der Waals surface area (Å²) in [5, 5.41) is 9.96. The molecule has 0 bridgehead atoms. The molecular weight excluding hydrogens is 297 g/mol. The number of sulfonamides is 1. The van der Waals surface area contributed by atoms with Crippen LogP contribution in [0.15, 0.2) is 35.2 Å². The molecule has 0 aromatic heterocycles. The fourth-order valence-corrected chi connectivity index (χ4v) is 3.92. The SMILES string of the molecule is C=C1CN(S(=O)(=O)c2ccc(Cl)cc2Cl)C[C@H]1O. The van der Waals surface area contributed by atoms with Crippen molar-refractivity contribution in [1.82, 2.24) is 4.31 Å². The Morgan fingerprint density at radius 3 is 2.56 bits per heavy atom. The van der Waals surface area contributed by atoms with E-state index in [0.717, 1.165) is 4.31 Å². The topological polar surface area (TPSA) is 57.6 Å². The Bertz CT molecular complexity index is 600. The van der Waals surface area contributed by atoms with E-state index in [9.17, 15) is 13.5 Å². The summed E-state index contributed by atoms with van der Waals surface area (Å²) >= 11 is 11.6. The summed E-state index contributed by atoms with van der Waals surface area (Å²) in [6.07, 6.45) is -0.828. The van der Waals surface area contributed by atoms with Crippen molar-refractivity contribution >= 4 is 33.2 Å². The van der Waals surface area contributed by atoms with Gasteiger partial charge in [0.05, 0.1) is 11.1 Å². The molecule has 0 saturated carbocycles. The number of aliphatic hydroxyl groups is 1. The van der Waals surface area contributed by atoms with Gasteiger partial charge in [-0.05, 0) is 23.8 Å². The molecule has 1 saturated heterocycles. The average molecular weight is 308 g/mol. The van der Waals surface area contributed by atoms with E-state index in [1.165, 1.54) is 18.2 Å². The molecule has 1 aliphatic rings. The van der Waals surface area contributed by atoms with Crippen molar-refractivity contribution in [2.24, 2.45) is 0 Å². The Balaban J connectivity index is 2.40. The predicted octanol–water partition coefficient (Wildman–Crippen LogP) is 1.91. The molecular formula is C11H11Cl2NO3S. The van der Waals surface area contributed by atoms with E-state index in [1.54, 1.807) is 0 Å². The molecule has 1 N–H and O–H groups in total. The number of rotatable bonds is 2. The van der Waals surface area contributed by atoms with Gasteiger partial charge in [-0.3, -0.25) is 0 Å². The zero-order valence-corrected chi connectivity index (χ0v) is 11.6. The fraction of sp³-hybridized carbons (Fsp3) is 0.273. The normalized spacial score (nSPS) is 21.5. The highest BCUT2D eigenvalue weighted by atomic mass is 35.5. The highest BCUT2D eigenvalue weighted by Crippen LogP contribution is 2.30. The third-order valence-corrected chi connectivity index (χ3v) is 5.27. The Kier molecular flexibility index (Phi) is 3.71. The molecule has 1 atom stereocenters. The van der Waals surface area contributed by atoms with Crippen LogP contribution >= 0.6 is 23.2 Å². The van der Waals surface area contributed by atoms with Gasteiger partial charge in [0.25, 0.3) is 0 Å². The maximum Gasteiger partial charge on any atom is 0.244 e. The lowest BCUT2D eigenvalue weighted by molar-refractivity contribution is 0.217. The second-order valence-corrected chi connectivity index (χ2v) is 6.80. The molecule has 2 rings (SSSR count). The zero-order valence-electron chi connectivity index (χ0n) is 9.31. The smallest absolute Gasteiger partial charge is 0.244 e. The summed E-state index contributed by atoms with van der Waals surface area (Å²) in [7, 11) is -3.73. The maximum atomic E-state index is 12.3. The number of β-amino-alcohol motifs (C(OH)–C–C–N with tert-alkyl or cyclic N) is 1. The molecule has 0 unspecified atom stereocenters. The van der Waals surface area contributed by atoms with E-state index in [-0.39, 0.29) is 23.0 Å². The summed E-state index contributed by atoms with van der Waals surface area (Å²) in [6.45, 7) is 3.72. The van der Waals surface area contributed by atoms with Crippen LogP contribution in [0, 0.1) is 0 Å². The first kappa shape index (κ1) is 13.8. The van der Waals surface area contributed by atoms with Gasteiger partial charge in [-0.15, -0.1) is 0 Å². The molecule has 4 nitrogen and oxygen atoms in total. The van der Waals surface area contributed by atoms with Crippen molar-refractivity contribution in [3.05, 3.63) is 40.4 Å². The van der Waals surface area contributed by atoms with E-state index in [0.29, 0.717) is 10.6 Å². The van der Waals surface area contributed by atoms with Gasteiger partial charge >= 0.3 is 0 Å². The second-order valence-electron chi connectivity index (χ2n) is 4.05. The number of hydrogen-bond donors (Lipinski definition) is 1. The van der Waals surface area contributed by atoms with Crippen molar-refractivity contribution in [2.75, 3.05) is 13.1 Å². The van der Waals surface area contributed by atoms with Gasteiger partial charge < -0.3 is 5.11 Å². The van der Waals surface area contributed by atoms with Gasteiger partial charge in [0.2, 0.25) is 10.0 Å². The largest absolute Gasteiger partial charge is 0.387 e. The molecule has 0 amide bonds. The first-order valence-corrected chi connectivity index (χ1v) is 7.33. The summed E-state index contributed by atoms with van der Waals surface area (Å²) in [5.74, 6) is 0. The van der Waals surface area contributed by atoms with Crippen molar-refractivity contribution in [2.45, 2.75) is 11.0 Å². The minimum Gasteiger partial charge on any atom is -0.387 e. The van der Waals surface area contributed by atoms with Gasteiger partial charge in [-0.25, -0.2) is 8.42 Å². The molecule has 0 spiro atoms. The van der Waals surface area contributed by atoms with Gasteiger partial charge in [-0.2, -0.15) is 4.31 Å². The van der Waals surface area contributed by atoms with Crippen LogP contribution in [0.4, 0.5) is 0 Å². The lowest BCUT2D eigenvalue weighted by Crippen LogP contribution is -2.29. The summed E-state index contributed by atoms with van der Waals surface area (Å²) in [5.41, 5.74) is 0.476. The molecule has 0 radical (unpaired) electrons. The lowest BCUT2D eigenvalue weighted by atomic mass is 10.2. The first-order chi connectivity index (χ1) is 8.32. The standard InChI is InChI=1S/C11H11Cl2NO3S/c1-7-5-14(6-10(7)15)18(16,17)11-3-2-8(12)4-9(11)13/h2-4,10,15H,1,5-6H2/t10-/m1/s1. The number of nitrogens with zero attached hydrogens (tertiary/aromatic N) is 1. The quantitative estimate of drug-likeness (QED) is 0.849. The molecule has 0 aliphatic carbocycles.